The summed E-state index contributed by atoms with van der Waals surface area (Å²) in [5.41, 5.74) is 0. The quantitative estimate of drug-likeness (QED) is 0.735. The van der Waals surface area contributed by atoms with Crippen molar-refractivity contribution < 1.29 is 4.42 Å². The Morgan fingerprint density at radius 2 is 2.05 bits per heavy atom. The number of hydrogen-bond acceptors (Lipinski definition) is 2. The van der Waals surface area contributed by atoms with Crippen LogP contribution in [0.5, 0.6) is 0 Å². The smallest absolute Gasteiger partial charge is 0.135 e. The van der Waals surface area contributed by atoms with Gasteiger partial charge in [-0.2, -0.15) is 0 Å². The first-order chi connectivity index (χ1) is 10.3. The van der Waals surface area contributed by atoms with Gasteiger partial charge in [-0.15, -0.1) is 0 Å². The van der Waals surface area contributed by atoms with Crippen LogP contribution in [0.2, 0.25) is 0 Å². The fraction of sp³-hybridized carbons (Fsp3) is 0.778. The lowest BCUT2D eigenvalue weighted by atomic mass is 9.66. The maximum absolute atomic E-state index is 5.80. The van der Waals surface area contributed by atoms with Crippen molar-refractivity contribution in [3.05, 3.63) is 22.6 Å². The van der Waals surface area contributed by atoms with E-state index in [1.54, 1.807) is 0 Å². The first kappa shape index (κ1) is 15.6. The standard InChI is InChI=1S/C18H28BrNO/c1-2-10-20-17(18-16(19)9-11-21-18)15-8-7-13-5-3-4-6-14(13)12-15/h9,11,13-15,17,20H,2-8,10,12H2,1H3. The van der Waals surface area contributed by atoms with E-state index in [1.165, 1.54) is 51.4 Å². The molecule has 0 spiro atoms. The average Bonchev–Trinajstić information content (AvgIpc) is 2.94. The number of halogens is 1. The Morgan fingerprint density at radius 1 is 1.24 bits per heavy atom. The second-order valence-corrected chi connectivity index (χ2v) is 7.80. The van der Waals surface area contributed by atoms with Gasteiger partial charge in [0.1, 0.15) is 5.76 Å². The third-order valence-electron chi connectivity index (χ3n) is 5.59. The molecule has 0 saturated heterocycles. The number of furan rings is 1. The average molecular weight is 354 g/mol. The monoisotopic (exact) mass is 353 g/mol. The zero-order chi connectivity index (χ0) is 14.7. The summed E-state index contributed by atoms with van der Waals surface area (Å²) in [7, 11) is 0. The maximum atomic E-state index is 5.80. The van der Waals surface area contributed by atoms with E-state index in [9.17, 15) is 0 Å². The summed E-state index contributed by atoms with van der Waals surface area (Å²) in [4.78, 5) is 0. The van der Waals surface area contributed by atoms with Crippen LogP contribution in [0.4, 0.5) is 0 Å². The van der Waals surface area contributed by atoms with Crippen LogP contribution in [0.25, 0.3) is 0 Å². The zero-order valence-electron chi connectivity index (χ0n) is 13.1. The van der Waals surface area contributed by atoms with Gasteiger partial charge >= 0.3 is 0 Å². The van der Waals surface area contributed by atoms with Gasteiger partial charge in [-0.25, -0.2) is 0 Å². The number of hydrogen-bond donors (Lipinski definition) is 1. The Morgan fingerprint density at radius 3 is 2.76 bits per heavy atom. The normalized spacial score (nSPS) is 30.9. The Kier molecular flexibility index (Phi) is 5.44. The predicted molar refractivity (Wildman–Crippen MR) is 90.2 cm³/mol. The molecule has 4 atom stereocenters. The van der Waals surface area contributed by atoms with Gasteiger partial charge in [-0.3, -0.25) is 0 Å². The largest absolute Gasteiger partial charge is 0.466 e. The second kappa shape index (κ2) is 7.32. The maximum Gasteiger partial charge on any atom is 0.135 e. The van der Waals surface area contributed by atoms with Crippen LogP contribution in [-0.4, -0.2) is 6.54 Å². The van der Waals surface area contributed by atoms with Crippen molar-refractivity contribution in [1.29, 1.82) is 0 Å². The Bertz CT molecular complexity index is 444. The predicted octanol–water partition coefficient (Wildman–Crippen LogP) is 5.69. The van der Waals surface area contributed by atoms with Crippen LogP contribution in [0.1, 0.15) is 70.1 Å². The van der Waals surface area contributed by atoms with Crippen molar-refractivity contribution in [2.45, 2.75) is 64.3 Å². The van der Waals surface area contributed by atoms with Crippen LogP contribution >= 0.6 is 15.9 Å². The molecule has 2 aliphatic carbocycles. The van der Waals surface area contributed by atoms with Gasteiger partial charge in [-0.1, -0.05) is 32.6 Å². The molecule has 0 radical (unpaired) electrons. The summed E-state index contributed by atoms with van der Waals surface area (Å²) in [6.45, 7) is 3.31. The van der Waals surface area contributed by atoms with E-state index in [-0.39, 0.29) is 0 Å². The molecule has 118 valence electrons. The second-order valence-electron chi connectivity index (χ2n) is 6.94. The molecule has 2 nitrogen and oxygen atoms in total. The lowest BCUT2D eigenvalue weighted by molar-refractivity contribution is 0.104. The molecular formula is C18H28BrNO. The molecule has 1 N–H and O–H groups in total. The van der Waals surface area contributed by atoms with Gasteiger partial charge in [0, 0.05) is 0 Å². The fourth-order valence-electron chi connectivity index (χ4n) is 4.51. The number of nitrogens with one attached hydrogen (secondary N) is 1. The van der Waals surface area contributed by atoms with Gasteiger partial charge in [0.25, 0.3) is 0 Å². The summed E-state index contributed by atoms with van der Waals surface area (Å²) in [5.74, 6) is 3.83. The summed E-state index contributed by atoms with van der Waals surface area (Å²) < 4.78 is 6.93. The molecule has 1 aromatic rings. The van der Waals surface area contributed by atoms with E-state index in [2.05, 4.69) is 28.2 Å². The highest BCUT2D eigenvalue weighted by Gasteiger charge is 2.37. The minimum Gasteiger partial charge on any atom is -0.466 e. The van der Waals surface area contributed by atoms with Crippen LogP contribution in [-0.2, 0) is 0 Å². The number of fused-ring (bicyclic) bond motifs is 1. The van der Waals surface area contributed by atoms with Crippen molar-refractivity contribution in [3.8, 4) is 0 Å². The third-order valence-corrected chi connectivity index (χ3v) is 6.25. The summed E-state index contributed by atoms with van der Waals surface area (Å²) in [5, 5.41) is 3.75. The Balaban J connectivity index is 1.72. The summed E-state index contributed by atoms with van der Waals surface area (Å²) in [6, 6.07) is 2.42. The van der Waals surface area contributed by atoms with Crippen LogP contribution in [0.15, 0.2) is 21.2 Å². The first-order valence-corrected chi connectivity index (χ1v) is 9.55. The van der Waals surface area contributed by atoms with Gasteiger partial charge in [-0.05, 0) is 72.0 Å². The van der Waals surface area contributed by atoms with E-state index in [4.69, 9.17) is 4.42 Å². The minimum absolute atomic E-state index is 0.386. The SMILES string of the molecule is CCCNC(c1occc1Br)C1CCC2CCCCC2C1. The van der Waals surface area contributed by atoms with Crippen molar-refractivity contribution in [3.63, 3.8) is 0 Å². The molecule has 2 aliphatic rings. The van der Waals surface area contributed by atoms with Crippen LogP contribution in [0, 0.1) is 17.8 Å². The van der Waals surface area contributed by atoms with Gasteiger partial charge in [0.15, 0.2) is 0 Å². The molecule has 0 amide bonds. The van der Waals surface area contributed by atoms with E-state index in [0.29, 0.717) is 6.04 Å². The van der Waals surface area contributed by atoms with Crippen molar-refractivity contribution >= 4 is 15.9 Å². The fourth-order valence-corrected chi connectivity index (χ4v) is 4.96. The molecular weight excluding hydrogens is 326 g/mol. The van der Waals surface area contributed by atoms with Crippen molar-refractivity contribution in [2.75, 3.05) is 6.54 Å². The topological polar surface area (TPSA) is 25.2 Å². The third kappa shape index (κ3) is 3.56. The van der Waals surface area contributed by atoms with E-state index in [0.717, 1.165) is 34.5 Å². The highest BCUT2D eigenvalue weighted by Crippen LogP contribution is 2.47. The van der Waals surface area contributed by atoms with E-state index in [1.807, 2.05) is 12.3 Å². The molecule has 2 fully saturated rings. The Hall–Kier alpha value is -0.280. The molecule has 3 rings (SSSR count). The first-order valence-electron chi connectivity index (χ1n) is 8.75. The van der Waals surface area contributed by atoms with Crippen molar-refractivity contribution in [1.82, 2.24) is 5.32 Å². The minimum atomic E-state index is 0.386. The molecule has 2 saturated carbocycles. The lowest BCUT2D eigenvalue weighted by Crippen LogP contribution is -2.36. The van der Waals surface area contributed by atoms with Crippen LogP contribution < -0.4 is 5.32 Å². The number of rotatable bonds is 5. The van der Waals surface area contributed by atoms with Gasteiger partial charge in [0.05, 0.1) is 16.8 Å². The molecule has 0 bridgehead atoms. The lowest BCUT2D eigenvalue weighted by Gasteiger charge is -2.41. The summed E-state index contributed by atoms with van der Waals surface area (Å²) >= 11 is 3.66. The summed E-state index contributed by atoms with van der Waals surface area (Å²) in [6.07, 6.45) is 13.0. The van der Waals surface area contributed by atoms with Gasteiger partial charge < -0.3 is 9.73 Å². The van der Waals surface area contributed by atoms with E-state index < -0.39 is 0 Å². The van der Waals surface area contributed by atoms with E-state index >= 15 is 0 Å². The molecule has 1 aromatic heterocycles. The van der Waals surface area contributed by atoms with Gasteiger partial charge in [0.2, 0.25) is 0 Å². The molecule has 4 unspecified atom stereocenters. The molecule has 0 aliphatic heterocycles. The highest BCUT2D eigenvalue weighted by molar-refractivity contribution is 9.10. The molecule has 0 aromatic carbocycles. The highest BCUT2D eigenvalue weighted by atomic mass is 79.9. The van der Waals surface area contributed by atoms with Crippen LogP contribution in [0.3, 0.4) is 0 Å². The molecule has 21 heavy (non-hydrogen) atoms. The molecule has 3 heteroatoms. The zero-order valence-corrected chi connectivity index (χ0v) is 14.7. The molecule has 1 heterocycles. The van der Waals surface area contributed by atoms with Crippen molar-refractivity contribution in [2.24, 2.45) is 17.8 Å². The Labute approximate surface area is 137 Å².